The van der Waals surface area contributed by atoms with Gasteiger partial charge in [-0.25, -0.2) is 0 Å². The largest absolute Gasteiger partial charge is 0.345 e. The van der Waals surface area contributed by atoms with Crippen LogP contribution in [0.4, 0.5) is 5.69 Å². The SMILES string of the molecule is C=C1/C=C\C=C/Cc2ccc(-c3ccccc3)cc2N1C. The summed E-state index contributed by atoms with van der Waals surface area (Å²) in [6.07, 6.45) is 9.29. The van der Waals surface area contributed by atoms with E-state index in [4.69, 9.17) is 0 Å². The van der Waals surface area contributed by atoms with Gasteiger partial charge in [-0.1, -0.05) is 67.3 Å². The zero-order valence-corrected chi connectivity index (χ0v) is 12.3. The Kier molecular flexibility index (Phi) is 3.74. The average Bonchev–Trinajstić information content (AvgIpc) is 2.60. The first kappa shape index (κ1) is 13.4. The quantitative estimate of drug-likeness (QED) is 0.709. The van der Waals surface area contributed by atoms with Gasteiger partial charge in [0.15, 0.2) is 0 Å². The smallest absolute Gasteiger partial charge is 0.0449 e. The van der Waals surface area contributed by atoms with E-state index in [1.165, 1.54) is 22.4 Å². The van der Waals surface area contributed by atoms with Crippen molar-refractivity contribution < 1.29 is 0 Å². The van der Waals surface area contributed by atoms with Gasteiger partial charge in [-0.2, -0.15) is 0 Å². The van der Waals surface area contributed by atoms with E-state index < -0.39 is 0 Å². The lowest BCUT2D eigenvalue weighted by Crippen LogP contribution is -2.15. The average molecular weight is 273 g/mol. The maximum absolute atomic E-state index is 4.15. The minimum absolute atomic E-state index is 0.937. The summed E-state index contributed by atoms with van der Waals surface area (Å²) in [5, 5.41) is 0. The summed E-state index contributed by atoms with van der Waals surface area (Å²) < 4.78 is 0. The minimum Gasteiger partial charge on any atom is -0.345 e. The van der Waals surface area contributed by atoms with Crippen LogP contribution in [-0.2, 0) is 6.42 Å². The molecule has 0 N–H and O–H groups in total. The van der Waals surface area contributed by atoms with Crippen LogP contribution in [-0.4, -0.2) is 7.05 Å². The fourth-order valence-electron chi connectivity index (χ4n) is 2.57. The van der Waals surface area contributed by atoms with Gasteiger partial charge in [-0.05, 0) is 35.3 Å². The van der Waals surface area contributed by atoms with Gasteiger partial charge in [0, 0.05) is 18.4 Å². The molecule has 1 heteroatoms. The van der Waals surface area contributed by atoms with Crippen molar-refractivity contribution >= 4 is 5.69 Å². The first-order valence-corrected chi connectivity index (χ1v) is 7.20. The number of hydrogen-bond acceptors (Lipinski definition) is 1. The van der Waals surface area contributed by atoms with Crippen LogP contribution >= 0.6 is 0 Å². The first-order chi connectivity index (χ1) is 10.3. The van der Waals surface area contributed by atoms with Gasteiger partial charge in [-0.3, -0.25) is 0 Å². The van der Waals surface area contributed by atoms with E-state index in [0.717, 1.165) is 12.1 Å². The number of fused-ring (bicyclic) bond motifs is 1. The van der Waals surface area contributed by atoms with Crippen LogP contribution in [0.25, 0.3) is 11.1 Å². The van der Waals surface area contributed by atoms with Crippen molar-refractivity contribution in [1.29, 1.82) is 0 Å². The summed E-state index contributed by atoms with van der Waals surface area (Å²) in [6.45, 7) is 4.15. The molecule has 0 aliphatic carbocycles. The molecule has 0 aromatic heterocycles. The molecule has 21 heavy (non-hydrogen) atoms. The fourth-order valence-corrected chi connectivity index (χ4v) is 2.57. The third-order valence-corrected chi connectivity index (χ3v) is 3.86. The van der Waals surface area contributed by atoms with Crippen LogP contribution in [0.5, 0.6) is 0 Å². The molecule has 3 rings (SSSR count). The highest BCUT2D eigenvalue weighted by molar-refractivity contribution is 5.72. The Morgan fingerprint density at radius 1 is 0.952 bits per heavy atom. The highest BCUT2D eigenvalue weighted by Crippen LogP contribution is 2.30. The van der Waals surface area contributed by atoms with E-state index in [-0.39, 0.29) is 0 Å². The fraction of sp³-hybridized carbons (Fsp3) is 0.100. The normalized spacial score (nSPS) is 17.4. The number of rotatable bonds is 1. The van der Waals surface area contributed by atoms with Crippen molar-refractivity contribution in [1.82, 2.24) is 0 Å². The van der Waals surface area contributed by atoms with Gasteiger partial charge in [0.05, 0.1) is 0 Å². The van der Waals surface area contributed by atoms with Gasteiger partial charge in [0.2, 0.25) is 0 Å². The van der Waals surface area contributed by atoms with E-state index in [2.05, 4.69) is 73.1 Å². The van der Waals surface area contributed by atoms with E-state index in [1.807, 2.05) is 18.2 Å². The Labute approximate surface area is 126 Å². The van der Waals surface area contributed by atoms with Crippen molar-refractivity contribution in [2.45, 2.75) is 6.42 Å². The maximum atomic E-state index is 4.15. The van der Waals surface area contributed by atoms with Crippen LogP contribution in [0.3, 0.4) is 0 Å². The summed E-state index contributed by atoms with van der Waals surface area (Å²) in [7, 11) is 2.08. The molecule has 1 aliphatic heterocycles. The Morgan fingerprint density at radius 2 is 1.76 bits per heavy atom. The summed E-state index contributed by atoms with van der Waals surface area (Å²) >= 11 is 0. The van der Waals surface area contributed by atoms with Crippen LogP contribution in [0.2, 0.25) is 0 Å². The second-order valence-corrected chi connectivity index (χ2v) is 5.25. The molecule has 0 amide bonds. The number of benzene rings is 2. The van der Waals surface area contributed by atoms with E-state index in [0.29, 0.717) is 0 Å². The molecule has 1 nitrogen and oxygen atoms in total. The van der Waals surface area contributed by atoms with Gasteiger partial charge in [0.1, 0.15) is 0 Å². The molecule has 2 aromatic rings. The Morgan fingerprint density at radius 3 is 2.57 bits per heavy atom. The molecule has 104 valence electrons. The maximum Gasteiger partial charge on any atom is 0.0449 e. The highest BCUT2D eigenvalue weighted by Gasteiger charge is 2.11. The zero-order chi connectivity index (χ0) is 14.7. The monoisotopic (exact) mass is 273 g/mol. The van der Waals surface area contributed by atoms with Crippen LogP contribution in [0.15, 0.2) is 85.1 Å². The van der Waals surface area contributed by atoms with E-state index >= 15 is 0 Å². The molecule has 1 heterocycles. The summed E-state index contributed by atoms with van der Waals surface area (Å²) in [6, 6.07) is 17.2. The molecule has 0 saturated heterocycles. The Hall–Kier alpha value is -2.54. The van der Waals surface area contributed by atoms with Crippen molar-refractivity contribution in [3.05, 3.63) is 90.7 Å². The minimum atomic E-state index is 0.937. The molecule has 1 aliphatic rings. The lowest BCUT2D eigenvalue weighted by atomic mass is 10.00. The van der Waals surface area contributed by atoms with Crippen molar-refractivity contribution in [2.24, 2.45) is 0 Å². The van der Waals surface area contributed by atoms with E-state index in [1.54, 1.807) is 0 Å². The highest BCUT2D eigenvalue weighted by atomic mass is 15.1. The Balaban J connectivity index is 2.09. The predicted molar refractivity (Wildman–Crippen MR) is 91.4 cm³/mol. The van der Waals surface area contributed by atoms with Crippen molar-refractivity contribution in [3.63, 3.8) is 0 Å². The molecule has 0 spiro atoms. The zero-order valence-electron chi connectivity index (χ0n) is 12.3. The second kappa shape index (κ2) is 5.84. The molecule has 0 unspecified atom stereocenters. The third-order valence-electron chi connectivity index (χ3n) is 3.86. The second-order valence-electron chi connectivity index (χ2n) is 5.25. The summed E-state index contributed by atoms with van der Waals surface area (Å²) in [5.74, 6) is 0. The molecule has 2 aromatic carbocycles. The lowest BCUT2D eigenvalue weighted by molar-refractivity contribution is 1.11. The lowest BCUT2D eigenvalue weighted by Gasteiger charge is -2.23. The number of allylic oxidation sites excluding steroid dienone is 4. The predicted octanol–water partition coefficient (Wildman–Crippen LogP) is 4.97. The Bertz CT molecular complexity index is 708. The molecule has 0 atom stereocenters. The van der Waals surface area contributed by atoms with Crippen LogP contribution in [0, 0.1) is 0 Å². The molecule has 0 fully saturated rings. The van der Waals surface area contributed by atoms with Gasteiger partial charge in [0.25, 0.3) is 0 Å². The van der Waals surface area contributed by atoms with Crippen LogP contribution in [0.1, 0.15) is 5.56 Å². The first-order valence-electron chi connectivity index (χ1n) is 7.20. The number of nitrogens with zero attached hydrogens (tertiary/aromatic N) is 1. The molecular weight excluding hydrogens is 254 g/mol. The van der Waals surface area contributed by atoms with Gasteiger partial charge >= 0.3 is 0 Å². The van der Waals surface area contributed by atoms with Gasteiger partial charge < -0.3 is 4.90 Å². The molecular formula is C20H19N. The third kappa shape index (κ3) is 2.82. The number of hydrogen-bond donors (Lipinski definition) is 0. The topological polar surface area (TPSA) is 3.24 Å². The number of anilines is 1. The summed E-state index contributed by atoms with van der Waals surface area (Å²) in [4.78, 5) is 2.16. The number of likely N-dealkylation sites (N-methyl/N-ethyl adjacent to an activating group) is 1. The van der Waals surface area contributed by atoms with Crippen LogP contribution < -0.4 is 4.90 Å². The molecule has 0 bridgehead atoms. The molecule has 0 radical (unpaired) electrons. The van der Waals surface area contributed by atoms with Crippen molar-refractivity contribution in [2.75, 3.05) is 11.9 Å². The standard InChI is InChI=1S/C20H19N/c1-16-9-5-3-8-12-18-13-14-19(15-20(18)21(16)2)17-10-6-4-7-11-17/h3-11,13-15H,1,12H2,2H3/b8-3-,9-5-. The van der Waals surface area contributed by atoms with Crippen molar-refractivity contribution in [3.8, 4) is 11.1 Å². The molecule has 0 saturated carbocycles. The van der Waals surface area contributed by atoms with E-state index in [9.17, 15) is 0 Å². The summed E-state index contributed by atoms with van der Waals surface area (Å²) in [5.41, 5.74) is 6.01. The van der Waals surface area contributed by atoms with Gasteiger partial charge in [-0.15, -0.1) is 0 Å².